The zero-order valence-corrected chi connectivity index (χ0v) is 16.0. The molecule has 0 unspecified atom stereocenters. The fourth-order valence-corrected chi connectivity index (χ4v) is 4.88. The molecule has 0 bridgehead atoms. The number of ether oxygens (including phenoxy) is 1. The van der Waals surface area contributed by atoms with Crippen molar-refractivity contribution in [3.05, 3.63) is 53.9 Å². The van der Waals surface area contributed by atoms with Crippen LogP contribution in [0.1, 0.15) is 47.6 Å². The van der Waals surface area contributed by atoms with Crippen molar-refractivity contribution in [3.63, 3.8) is 0 Å². The first-order chi connectivity index (χ1) is 14.7. The number of anilines is 1. The molecular formula is C21H18N6O3. The molecule has 0 saturated heterocycles. The largest absolute Gasteiger partial charge is 0.451 e. The molecule has 4 aromatic rings. The topological polar surface area (TPSA) is 122 Å². The highest BCUT2D eigenvalue weighted by Gasteiger charge is 2.48. The van der Waals surface area contributed by atoms with E-state index < -0.39 is 5.60 Å². The Morgan fingerprint density at radius 3 is 2.77 bits per heavy atom. The van der Waals surface area contributed by atoms with Gasteiger partial charge in [-0.15, -0.1) is 0 Å². The van der Waals surface area contributed by atoms with Crippen molar-refractivity contribution in [2.45, 2.75) is 37.3 Å². The van der Waals surface area contributed by atoms with Crippen LogP contribution in [-0.2, 0) is 10.3 Å². The Hall–Kier alpha value is -3.75. The second-order valence-corrected chi connectivity index (χ2v) is 7.83. The molecule has 1 spiro atoms. The summed E-state index contributed by atoms with van der Waals surface area (Å²) in [6.07, 6.45) is 6.56. The standard InChI is InChI=1S/C21H18N6O3/c22-18-17(25-30-26-18)19-24-15-11-23-10-7-16(15)27(19)12-5-8-21(9-6-12)14-4-2-1-3-13(14)20(28)29-21/h1-4,7,10-12H,5-6,8-9H2,(H2,22,26). The average Bonchev–Trinajstić information content (AvgIpc) is 3.44. The van der Waals surface area contributed by atoms with Gasteiger partial charge in [0.2, 0.25) is 0 Å². The molecule has 4 heterocycles. The summed E-state index contributed by atoms with van der Waals surface area (Å²) in [6, 6.07) is 9.76. The number of nitrogens with two attached hydrogens (primary N) is 1. The third kappa shape index (κ3) is 2.31. The monoisotopic (exact) mass is 402 g/mol. The lowest BCUT2D eigenvalue weighted by Crippen LogP contribution is -2.33. The SMILES string of the molecule is Nc1nonc1-c1nc2cnccc2n1C1CCC2(CC1)OC(=O)c1ccccc12. The molecular weight excluding hydrogens is 384 g/mol. The van der Waals surface area contributed by atoms with Crippen molar-refractivity contribution in [1.29, 1.82) is 0 Å². The summed E-state index contributed by atoms with van der Waals surface area (Å²) in [6.45, 7) is 0. The van der Waals surface area contributed by atoms with E-state index in [-0.39, 0.29) is 17.8 Å². The van der Waals surface area contributed by atoms with E-state index in [0.29, 0.717) is 17.1 Å². The van der Waals surface area contributed by atoms with Crippen LogP contribution in [0.3, 0.4) is 0 Å². The molecule has 2 N–H and O–H groups in total. The van der Waals surface area contributed by atoms with E-state index in [1.54, 1.807) is 12.4 Å². The number of nitrogens with zero attached hydrogens (tertiary/aromatic N) is 5. The highest BCUT2D eigenvalue weighted by Crippen LogP contribution is 2.50. The maximum atomic E-state index is 12.4. The van der Waals surface area contributed by atoms with Gasteiger partial charge in [0, 0.05) is 17.8 Å². The van der Waals surface area contributed by atoms with E-state index in [4.69, 9.17) is 20.1 Å². The molecule has 3 aromatic heterocycles. The molecule has 0 radical (unpaired) electrons. The normalized spacial score (nSPS) is 23.1. The number of esters is 1. The second kappa shape index (κ2) is 6.12. The molecule has 9 nitrogen and oxygen atoms in total. The number of pyridine rings is 1. The maximum absolute atomic E-state index is 12.4. The van der Waals surface area contributed by atoms with Crippen LogP contribution in [0, 0.1) is 0 Å². The maximum Gasteiger partial charge on any atom is 0.339 e. The van der Waals surface area contributed by atoms with E-state index in [2.05, 4.69) is 19.9 Å². The minimum Gasteiger partial charge on any atom is -0.451 e. The van der Waals surface area contributed by atoms with Gasteiger partial charge in [0.25, 0.3) is 0 Å². The third-order valence-corrected chi connectivity index (χ3v) is 6.27. The van der Waals surface area contributed by atoms with E-state index >= 15 is 0 Å². The lowest BCUT2D eigenvalue weighted by Gasteiger charge is -2.37. The quantitative estimate of drug-likeness (QED) is 0.507. The fourth-order valence-electron chi connectivity index (χ4n) is 4.88. The molecule has 1 aliphatic heterocycles. The number of fused-ring (bicyclic) bond motifs is 3. The molecule has 9 heteroatoms. The van der Waals surface area contributed by atoms with Crippen LogP contribution in [0.25, 0.3) is 22.6 Å². The van der Waals surface area contributed by atoms with Gasteiger partial charge >= 0.3 is 5.97 Å². The zero-order valence-electron chi connectivity index (χ0n) is 16.0. The number of carbonyl (C=O) groups is 1. The molecule has 1 aliphatic carbocycles. The van der Waals surface area contributed by atoms with Gasteiger partial charge in [-0.05, 0) is 48.1 Å². The predicted molar refractivity (Wildman–Crippen MR) is 106 cm³/mol. The van der Waals surface area contributed by atoms with Gasteiger partial charge < -0.3 is 15.0 Å². The van der Waals surface area contributed by atoms with Crippen molar-refractivity contribution in [2.24, 2.45) is 0 Å². The minimum atomic E-state index is -0.545. The Balaban J connectivity index is 1.40. The smallest absolute Gasteiger partial charge is 0.339 e. The predicted octanol–water partition coefficient (Wildman–Crippen LogP) is 3.24. The first-order valence-corrected chi connectivity index (χ1v) is 9.89. The van der Waals surface area contributed by atoms with Crippen LogP contribution in [0.2, 0.25) is 0 Å². The summed E-state index contributed by atoms with van der Waals surface area (Å²) < 4.78 is 12.9. The number of hydrogen-bond acceptors (Lipinski definition) is 8. The third-order valence-electron chi connectivity index (χ3n) is 6.27. The average molecular weight is 402 g/mol. The molecule has 30 heavy (non-hydrogen) atoms. The summed E-state index contributed by atoms with van der Waals surface area (Å²) in [5.74, 6) is 0.581. The van der Waals surface area contributed by atoms with Crippen LogP contribution in [0.4, 0.5) is 5.82 Å². The highest BCUT2D eigenvalue weighted by atomic mass is 16.6. The first-order valence-electron chi connectivity index (χ1n) is 9.89. The summed E-state index contributed by atoms with van der Waals surface area (Å²) >= 11 is 0. The Labute approximate surface area is 170 Å². The van der Waals surface area contributed by atoms with Crippen LogP contribution >= 0.6 is 0 Å². The number of benzene rings is 1. The van der Waals surface area contributed by atoms with Crippen molar-refractivity contribution >= 4 is 22.8 Å². The number of aromatic nitrogens is 5. The van der Waals surface area contributed by atoms with Crippen molar-refractivity contribution in [3.8, 4) is 11.5 Å². The van der Waals surface area contributed by atoms with Crippen molar-refractivity contribution in [1.82, 2.24) is 24.8 Å². The van der Waals surface area contributed by atoms with Gasteiger partial charge in [-0.2, -0.15) is 0 Å². The zero-order chi connectivity index (χ0) is 20.3. The van der Waals surface area contributed by atoms with E-state index in [1.807, 2.05) is 30.3 Å². The Morgan fingerprint density at radius 1 is 1.13 bits per heavy atom. The van der Waals surface area contributed by atoms with Crippen LogP contribution in [0.5, 0.6) is 0 Å². The van der Waals surface area contributed by atoms with E-state index in [1.165, 1.54) is 0 Å². The second-order valence-electron chi connectivity index (χ2n) is 7.83. The molecule has 0 amide bonds. The number of imidazole rings is 1. The molecule has 1 aromatic carbocycles. The van der Waals surface area contributed by atoms with Crippen LogP contribution < -0.4 is 5.73 Å². The van der Waals surface area contributed by atoms with Gasteiger partial charge in [-0.25, -0.2) is 14.4 Å². The number of rotatable bonds is 2. The minimum absolute atomic E-state index is 0.139. The van der Waals surface area contributed by atoms with E-state index in [0.717, 1.165) is 42.3 Å². The molecule has 2 aliphatic rings. The lowest BCUT2D eigenvalue weighted by molar-refractivity contribution is -0.0344. The summed E-state index contributed by atoms with van der Waals surface area (Å²) in [5, 5.41) is 7.67. The van der Waals surface area contributed by atoms with Gasteiger partial charge in [0.05, 0.1) is 17.3 Å². The van der Waals surface area contributed by atoms with Gasteiger partial charge in [0.1, 0.15) is 11.1 Å². The number of hydrogen-bond donors (Lipinski definition) is 1. The van der Waals surface area contributed by atoms with Gasteiger partial charge in [0.15, 0.2) is 17.3 Å². The molecule has 150 valence electrons. The Bertz CT molecular complexity index is 1280. The Morgan fingerprint density at radius 2 is 1.97 bits per heavy atom. The molecule has 0 atom stereocenters. The van der Waals surface area contributed by atoms with Crippen LogP contribution in [-0.4, -0.2) is 30.8 Å². The lowest BCUT2D eigenvalue weighted by atomic mass is 9.77. The number of carbonyl (C=O) groups excluding carboxylic acids is 1. The van der Waals surface area contributed by atoms with Gasteiger partial charge in [-0.1, -0.05) is 18.2 Å². The molecule has 1 fully saturated rings. The number of nitrogen functional groups attached to an aromatic ring is 1. The van der Waals surface area contributed by atoms with E-state index in [9.17, 15) is 4.79 Å². The fraction of sp³-hybridized carbons (Fsp3) is 0.286. The van der Waals surface area contributed by atoms with Crippen molar-refractivity contribution < 1.29 is 14.2 Å². The summed E-state index contributed by atoms with van der Waals surface area (Å²) in [7, 11) is 0. The van der Waals surface area contributed by atoms with Gasteiger partial charge in [-0.3, -0.25) is 4.98 Å². The molecule has 6 rings (SSSR count). The summed E-state index contributed by atoms with van der Waals surface area (Å²) in [5.41, 5.74) is 9.22. The summed E-state index contributed by atoms with van der Waals surface area (Å²) in [4.78, 5) is 21.3. The van der Waals surface area contributed by atoms with Crippen LogP contribution in [0.15, 0.2) is 47.4 Å². The molecule has 1 saturated carbocycles. The highest BCUT2D eigenvalue weighted by molar-refractivity contribution is 5.94. The Kier molecular flexibility index (Phi) is 3.50. The first kappa shape index (κ1) is 17.1. The van der Waals surface area contributed by atoms with Crippen molar-refractivity contribution in [2.75, 3.05) is 5.73 Å².